The molecule has 0 saturated carbocycles. The van der Waals surface area contributed by atoms with Crippen LogP contribution in [0, 0.1) is 0 Å². The Morgan fingerprint density at radius 2 is 2.35 bits per heavy atom. The summed E-state index contributed by atoms with van der Waals surface area (Å²) in [6.45, 7) is 6.05. The van der Waals surface area contributed by atoms with Gasteiger partial charge in [0.1, 0.15) is 5.82 Å². The Bertz CT molecular complexity index is 350. The molecular weight excluding hydrogens is 216 g/mol. The monoisotopic (exact) mass is 236 g/mol. The highest BCUT2D eigenvalue weighted by molar-refractivity contribution is 5.34. The van der Waals surface area contributed by atoms with Crippen molar-refractivity contribution < 1.29 is 4.74 Å². The maximum absolute atomic E-state index is 5.51. The van der Waals surface area contributed by atoms with E-state index in [1.807, 2.05) is 13.8 Å². The van der Waals surface area contributed by atoms with Crippen LogP contribution in [0.2, 0.25) is 0 Å². The highest BCUT2D eigenvalue weighted by atomic mass is 16.5. The average molecular weight is 236 g/mol. The van der Waals surface area contributed by atoms with Gasteiger partial charge >= 0.3 is 0 Å². The number of ether oxygens (including phenoxy) is 1. The van der Waals surface area contributed by atoms with Gasteiger partial charge < -0.3 is 15.4 Å². The van der Waals surface area contributed by atoms with Crippen LogP contribution in [0.25, 0.3) is 0 Å². The zero-order valence-electron chi connectivity index (χ0n) is 10.4. The largest absolute Gasteiger partial charge is 0.474 e. The van der Waals surface area contributed by atoms with Crippen LogP contribution in [0.3, 0.4) is 0 Å². The topological polar surface area (TPSA) is 59.1 Å². The van der Waals surface area contributed by atoms with Crippen LogP contribution in [-0.4, -0.2) is 35.2 Å². The van der Waals surface area contributed by atoms with Gasteiger partial charge in [0.15, 0.2) is 0 Å². The maximum atomic E-state index is 5.51. The SMILES string of the molecule is CC(C)Oc1cncc(NC2CCCNC2)n1. The van der Waals surface area contributed by atoms with Crippen LogP contribution in [0.4, 0.5) is 5.82 Å². The summed E-state index contributed by atoms with van der Waals surface area (Å²) in [5.41, 5.74) is 0. The fourth-order valence-corrected chi connectivity index (χ4v) is 1.90. The second-order valence-electron chi connectivity index (χ2n) is 4.60. The lowest BCUT2D eigenvalue weighted by Crippen LogP contribution is -2.38. The van der Waals surface area contributed by atoms with Crippen LogP contribution in [0.15, 0.2) is 12.4 Å². The van der Waals surface area contributed by atoms with Crippen molar-refractivity contribution >= 4 is 5.82 Å². The standard InChI is InChI=1S/C12H20N4O/c1-9(2)17-12-8-14-7-11(16-12)15-10-4-3-5-13-6-10/h7-10,13H,3-6H2,1-2H3,(H,15,16). The van der Waals surface area contributed by atoms with Crippen LogP contribution in [0.5, 0.6) is 5.88 Å². The molecule has 1 aliphatic rings. The van der Waals surface area contributed by atoms with E-state index in [0.717, 1.165) is 18.9 Å². The number of aromatic nitrogens is 2. The average Bonchev–Trinajstić information content (AvgIpc) is 2.30. The van der Waals surface area contributed by atoms with E-state index in [1.54, 1.807) is 12.4 Å². The molecule has 0 radical (unpaired) electrons. The summed E-state index contributed by atoms with van der Waals surface area (Å²) in [5.74, 6) is 1.37. The zero-order chi connectivity index (χ0) is 12.1. The van der Waals surface area contributed by atoms with Gasteiger partial charge in [0.05, 0.1) is 18.5 Å². The molecule has 1 aromatic rings. The molecule has 0 aromatic carbocycles. The van der Waals surface area contributed by atoms with Crippen molar-refractivity contribution in [2.24, 2.45) is 0 Å². The maximum Gasteiger partial charge on any atom is 0.234 e. The smallest absolute Gasteiger partial charge is 0.234 e. The minimum atomic E-state index is 0.121. The van der Waals surface area contributed by atoms with E-state index in [0.29, 0.717) is 11.9 Å². The first-order valence-electron chi connectivity index (χ1n) is 6.20. The number of nitrogens with one attached hydrogen (secondary N) is 2. The van der Waals surface area contributed by atoms with Crippen LogP contribution >= 0.6 is 0 Å². The van der Waals surface area contributed by atoms with Crippen molar-refractivity contribution in [3.05, 3.63) is 12.4 Å². The van der Waals surface area contributed by atoms with Gasteiger partial charge in [-0.1, -0.05) is 0 Å². The van der Waals surface area contributed by atoms with E-state index in [9.17, 15) is 0 Å². The first-order chi connectivity index (χ1) is 8.24. The number of hydrogen-bond acceptors (Lipinski definition) is 5. The zero-order valence-corrected chi connectivity index (χ0v) is 10.4. The summed E-state index contributed by atoms with van der Waals surface area (Å²) in [4.78, 5) is 8.52. The second-order valence-corrected chi connectivity index (χ2v) is 4.60. The minimum absolute atomic E-state index is 0.121. The quantitative estimate of drug-likeness (QED) is 0.828. The molecule has 1 saturated heterocycles. The summed E-state index contributed by atoms with van der Waals surface area (Å²) in [6.07, 6.45) is 5.87. The van der Waals surface area contributed by atoms with Gasteiger partial charge in [0, 0.05) is 12.6 Å². The van der Waals surface area contributed by atoms with Crippen LogP contribution in [-0.2, 0) is 0 Å². The third-order valence-electron chi connectivity index (χ3n) is 2.62. The number of anilines is 1. The van der Waals surface area contributed by atoms with Gasteiger partial charge in [0.2, 0.25) is 5.88 Å². The molecule has 1 aromatic heterocycles. The normalized spacial score (nSPS) is 20.3. The van der Waals surface area contributed by atoms with Gasteiger partial charge in [-0.05, 0) is 33.2 Å². The highest BCUT2D eigenvalue weighted by Gasteiger charge is 2.13. The Balaban J connectivity index is 1.95. The summed E-state index contributed by atoms with van der Waals surface area (Å²) in [6, 6.07) is 0.437. The van der Waals surface area contributed by atoms with Gasteiger partial charge in [-0.2, -0.15) is 4.98 Å². The van der Waals surface area contributed by atoms with Crippen molar-refractivity contribution in [3.8, 4) is 5.88 Å². The molecule has 1 fully saturated rings. The van der Waals surface area contributed by atoms with E-state index >= 15 is 0 Å². The molecule has 94 valence electrons. The van der Waals surface area contributed by atoms with Crippen LogP contribution < -0.4 is 15.4 Å². The lowest BCUT2D eigenvalue weighted by molar-refractivity contribution is 0.232. The molecule has 2 N–H and O–H groups in total. The Kier molecular flexibility index (Phi) is 4.14. The molecule has 1 unspecified atom stereocenters. The van der Waals surface area contributed by atoms with Crippen molar-refractivity contribution in [2.45, 2.75) is 38.8 Å². The summed E-state index contributed by atoms with van der Waals surface area (Å²) >= 11 is 0. The predicted molar refractivity (Wildman–Crippen MR) is 67.3 cm³/mol. The Labute approximate surface area is 102 Å². The lowest BCUT2D eigenvalue weighted by atomic mass is 10.1. The van der Waals surface area contributed by atoms with Crippen molar-refractivity contribution in [1.82, 2.24) is 15.3 Å². The van der Waals surface area contributed by atoms with E-state index in [1.165, 1.54) is 12.8 Å². The molecular formula is C12H20N4O. The van der Waals surface area contributed by atoms with Crippen molar-refractivity contribution in [1.29, 1.82) is 0 Å². The van der Waals surface area contributed by atoms with E-state index < -0.39 is 0 Å². The summed E-state index contributed by atoms with van der Waals surface area (Å²) in [5, 5.41) is 6.74. The number of hydrogen-bond donors (Lipinski definition) is 2. The molecule has 5 nitrogen and oxygen atoms in total. The fraction of sp³-hybridized carbons (Fsp3) is 0.667. The molecule has 1 aliphatic heterocycles. The Morgan fingerprint density at radius 1 is 1.47 bits per heavy atom. The molecule has 0 spiro atoms. The third-order valence-corrected chi connectivity index (χ3v) is 2.62. The number of rotatable bonds is 4. The summed E-state index contributed by atoms with van der Waals surface area (Å²) in [7, 11) is 0. The van der Waals surface area contributed by atoms with Crippen molar-refractivity contribution in [2.75, 3.05) is 18.4 Å². The first-order valence-corrected chi connectivity index (χ1v) is 6.20. The number of piperidine rings is 1. The predicted octanol–water partition coefficient (Wildman–Crippen LogP) is 1.43. The van der Waals surface area contributed by atoms with Gasteiger partial charge in [0.25, 0.3) is 0 Å². The molecule has 2 heterocycles. The van der Waals surface area contributed by atoms with Crippen LogP contribution in [0.1, 0.15) is 26.7 Å². The Hall–Kier alpha value is -1.36. The van der Waals surface area contributed by atoms with E-state index in [4.69, 9.17) is 4.74 Å². The molecule has 1 atom stereocenters. The fourth-order valence-electron chi connectivity index (χ4n) is 1.90. The molecule has 17 heavy (non-hydrogen) atoms. The first kappa shape index (κ1) is 12.1. The number of nitrogens with zero attached hydrogens (tertiary/aromatic N) is 2. The Morgan fingerprint density at radius 3 is 3.06 bits per heavy atom. The van der Waals surface area contributed by atoms with Gasteiger partial charge in [-0.25, -0.2) is 0 Å². The lowest BCUT2D eigenvalue weighted by Gasteiger charge is -2.24. The highest BCUT2D eigenvalue weighted by Crippen LogP contribution is 2.13. The second kappa shape index (κ2) is 5.82. The minimum Gasteiger partial charge on any atom is -0.474 e. The van der Waals surface area contributed by atoms with Crippen molar-refractivity contribution in [3.63, 3.8) is 0 Å². The van der Waals surface area contributed by atoms with E-state index in [-0.39, 0.29) is 6.10 Å². The molecule has 2 rings (SSSR count). The molecule has 0 bridgehead atoms. The van der Waals surface area contributed by atoms with E-state index in [2.05, 4.69) is 20.6 Å². The molecule has 0 amide bonds. The molecule has 5 heteroatoms. The van der Waals surface area contributed by atoms with Gasteiger partial charge in [-0.3, -0.25) is 4.98 Å². The van der Waals surface area contributed by atoms with Gasteiger partial charge in [-0.15, -0.1) is 0 Å². The molecule has 0 aliphatic carbocycles. The third kappa shape index (κ3) is 3.85. The summed E-state index contributed by atoms with van der Waals surface area (Å²) < 4.78 is 5.51.